The zero-order chi connectivity index (χ0) is 23.0. The first kappa shape index (κ1) is 22.4. The summed E-state index contributed by atoms with van der Waals surface area (Å²) < 4.78 is 14.3. The molecule has 8 atom stereocenters. The molecule has 1 N–H and O–H groups in total. The van der Waals surface area contributed by atoms with Crippen molar-refractivity contribution in [3.8, 4) is 0 Å². The second kappa shape index (κ2) is 7.97. The Morgan fingerprint density at radius 2 is 1.94 bits per heavy atom. The monoisotopic (exact) mass is 562 g/mol. The molecule has 0 bridgehead atoms. The van der Waals surface area contributed by atoms with Gasteiger partial charge in [-0.1, -0.05) is 24.6 Å². The Morgan fingerprint density at radius 1 is 1.15 bits per heavy atom. The summed E-state index contributed by atoms with van der Waals surface area (Å²) >= 11 is 2.27. The van der Waals surface area contributed by atoms with Crippen molar-refractivity contribution in [3.63, 3.8) is 0 Å². The van der Waals surface area contributed by atoms with Crippen LogP contribution in [0.3, 0.4) is 0 Å². The topological polar surface area (TPSA) is 72.8 Å². The first-order chi connectivity index (χ1) is 15.9. The van der Waals surface area contributed by atoms with Gasteiger partial charge >= 0.3 is 0 Å². The smallest absolute Gasteiger partial charge is 0.193 e. The average Bonchev–Trinajstić information content (AvgIpc) is 3.31. The van der Waals surface area contributed by atoms with Crippen molar-refractivity contribution >= 4 is 34.2 Å². The zero-order valence-electron chi connectivity index (χ0n) is 19.0. The van der Waals surface area contributed by atoms with Crippen molar-refractivity contribution in [1.29, 1.82) is 0 Å². The van der Waals surface area contributed by atoms with Crippen molar-refractivity contribution < 1.29 is 24.2 Å². The number of hydrogen-bond donors (Lipinski definition) is 1. The first-order valence-electron chi connectivity index (χ1n) is 12.3. The molecule has 4 aliphatic carbocycles. The number of halogens is 1. The molecule has 0 amide bonds. The van der Waals surface area contributed by atoms with Crippen molar-refractivity contribution in [3.05, 3.63) is 45.0 Å². The molecule has 1 aromatic rings. The van der Waals surface area contributed by atoms with Crippen LogP contribution in [0.4, 0.5) is 0 Å². The fourth-order valence-corrected chi connectivity index (χ4v) is 8.68. The average molecular weight is 562 g/mol. The molecule has 6 heteroatoms. The Morgan fingerprint density at radius 3 is 2.70 bits per heavy atom. The van der Waals surface area contributed by atoms with E-state index in [1.54, 1.807) is 0 Å². The lowest BCUT2D eigenvalue weighted by atomic mass is 9.50. The molecule has 4 fully saturated rings. The summed E-state index contributed by atoms with van der Waals surface area (Å²) in [7, 11) is 0. The third kappa shape index (κ3) is 3.13. The number of benzene rings is 1. The maximum absolute atomic E-state index is 13.4. The van der Waals surface area contributed by atoms with E-state index in [0.29, 0.717) is 30.1 Å². The van der Waals surface area contributed by atoms with Gasteiger partial charge in [0.1, 0.15) is 6.61 Å². The number of aliphatic hydroxyl groups excluding tert-OH is 1. The van der Waals surface area contributed by atoms with Crippen molar-refractivity contribution in [1.82, 2.24) is 0 Å². The predicted molar refractivity (Wildman–Crippen MR) is 130 cm³/mol. The second-order valence-corrected chi connectivity index (χ2v) is 12.2. The Labute approximate surface area is 208 Å². The van der Waals surface area contributed by atoms with Gasteiger partial charge in [0.25, 0.3) is 0 Å². The van der Waals surface area contributed by atoms with E-state index in [2.05, 4.69) is 29.5 Å². The maximum atomic E-state index is 13.4. The van der Waals surface area contributed by atoms with Gasteiger partial charge in [-0.15, -0.1) is 0 Å². The van der Waals surface area contributed by atoms with Crippen LogP contribution in [-0.4, -0.2) is 35.0 Å². The first-order valence-corrected chi connectivity index (χ1v) is 13.4. The molecule has 5 aliphatic rings. The number of hydrogen-bond acceptors (Lipinski definition) is 5. The number of rotatable bonds is 3. The molecule has 0 unspecified atom stereocenters. The van der Waals surface area contributed by atoms with Gasteiger partial charge in [-0.05, 0) is 103 Å². The van der Waals surface area contributed by atoms with E-state index in [1.165, 1.54) is 5.57 Å². The number of fused-ring (bicyclic) bond motifs is 7. The van der Waals surface area contributed by atoms with Crippen molar-refractivity contribution in [2.45, 2.75) is 69.9 Å². The molecule has 5 nitrogen and oxygen atoms in total. The highest BCUT2D eigenvalue weighted by Gasteiger charge is 2.74. The van der Waals surface area contributed by atoms with Crippen molar-refractivity contribution in [2.75, 3.05) is 6.61 Å². The number of carbonyl (C=O) groups excluding carboxylic acids is 2. The number of carbonyl (C=O) groups is 2. The Hall–Kier alpha value is -1.09. The summed E-state index contributed by atoms with van der Waals surface area (Å²) in [4.78, 5) is 25.4. The molecule has 3 saturated carbocycles. The summed E-state index contributed by atoms with van der Waals surface area (Å²) in [6.45, 7) is 1.70. The van der Waals surface area contributed by atoms with Crippen LogP contribution in [0, 0.1) is 32.7 Å². The standard InChI is InChI=1S/C27H31IO5/c1-26-11-10-20-19-9-7-18(30)12-16(19)4-8-21(20)22(26)13-24-27(26,23(31)14-29)33-25(32-24)15-2-5-17(28)6-3-15/h2-3,5-6,12,19-22,24-25,29H,4,7-11,13-14H2,1H3/t19-,20+,21+,22-,24+,25-,26-,27+/m0/s1. The van der Waals surface area contributed by atoms with Crippen LogP contribution < -0.4 is 0 Å². The lowest BCUT2D eigenvalue weighted by molar-refractivity contribution is -0.185. The van der Waals surface area contributed by atoms with E-state index in [4.69, 9.17) is 9.47 Å². The van der Waals surface area contributed by atoms with E-state index >= 15 is 0 Å². The van der Waals surface area contributed by atoms with Crippen molar-refractivity contribution in [2.24, 2.45) is 29.1 Å². The fourth-order valence-electron chi connectivity index (χ4n) is 8.32. The van der Waals surface area contributed by atoms with Gasteiger partial charge in [0.05, 0.1) is 6.10 Å². The quantitative estimate of drug-likeness (QED) is 0.539. The zero-order valence-corrected chi connectivity index (χ0v) is 21.1. The summed E-state index contributed by atoms with van der Waals surface area (Å²) in [5, 5.41) is 10.0. The highest BCUT2D eigenvalue weighted by Crippen LogP contribution is 2.69. The van der Waals surface area contributed by atoms with Crippen LogP contribution in [0.15, 0.2) is 35.9 Å². The van der Waals surface area contributed by atoms with Gasteiger partial charge in [0.15, 0.2) is 23.5 Å². The molecular formula is C27H31IO5. The van der Waals surface area contributed by atoms with Crippen LogP contribution in [0.2, 0.25) is 0 Å². The molecular weight excluding hydrogens is 531 g/mol. The number of aliphatic hydroxyl groups is 1. The molecule has 1 heterocycles. The minimum absolute atomic E-state index is 0.233. The lowest BCUT2D eigenvalue weighted by Crippen LogP contribution is -2.59. The number of Topliss-reactive ketones (excluding diaryl/α,β-unsaturated/α-hetero) is 1. The molecule has 1 aromatic carbocycles. The summed E-state index contributed by atoms with van der Waals surface area (Å²) in [5.41, 5.74) is 0.830. The number of ether oxygens (including phenoxy) is 2. The largest absolute Gasteiger partial charge is 0.388 e. The molecule has 6 rings (SSSR count). The van der Waals surface area contributed by atoms with Crippen LogP contribution in [0.1, 0.15) is 63.7 Å². The van der Waals surface area contributed by atoms with E-state index in [-0.39, 0.29) is 23.1 Å². The van der Waals surface area contributed by atoms with Crippen LogP contribution >= 0.6 is 22.6 Å². The second-order valence-electron chi connectivity index (χ2n) is 10.9. The van der Waals surface area contributed by atoms with Crippen LogP contribution in [-0.2, 0) is 19.1 Å². The number of ketones is 2. The molecule has 0 spiro atoms. The maximum Gasteiger partial charge on any atom is 0.193 e. The highest BCUT2D eigenvalue weighted by atomic mass is 127. The third-order valence-corrected chi connectivity index (χ3v) is 10.5. The van der Waals surface area contributed by atoms with E-state index in [0.717, 1.165) is 47.7 Å². The lowest BCUT2D eigenvalue weighted by Gasteiger charge is -2.55. The summed E-state index contributed by atoms with van der Waals surface area (Å²) in [6, 6.07) is 8.05. The van der Waals surface area contributed by atoms with Crippen LogP contribution in [0.25, 0.3) is 0 Å². The predicted octanol–water partition coefficient (Wildman–Crippen LogP) is 4.76. The van der Waals surface area contributed by atoms with Gasteiger partial charge in [0.2, 0.25) is 0 Å². The molecule has 0 radical (unpaired) electrons. The molecule has 1 aliphatic heterocycles. The SMILES string of the molecule is C[C@]12CC[C@H]3[C@@H](CCC4=CC(=O)CC[C@@H]43)[C@@H]1C[C@H]1O[C@H](c3ccc(I)cc3)O[C@]12C(=O)CO. The Bertz CT molecular complexity index is 1020. The Balaban J connectivity index is 1.34. The molecule has 1 saturated heterocycles. The van der Waals surface area contributed by atoms with Gasteiger partial charge in [-0.3, -0.25) is 9.59 Å². The summed E-state index contributed by atoms with van der Waals surface area (Å²) in [5.74, 6) is 1.97. The normalized spacial score (nSPS) is 43.8. The fraction of sp³-hybridized carbons (Fsp3) is 0.630. The third-order valence-electron chi connectivity index (χ3n) is 9.74. The molecule has 0 aromatic heterocycles. The van der Waals surface area contributed by atoms with Gasteiger partial charge in [0, 0.05) is 21.0 Å². The van der Waals surface area contributed by atoms with E-state index in [1.807, 2.05) is 30.3 Å². The number of allylic oxidation sites excluding steroid dienone is 1. The molecule has 176 valence electrons. The van der Waals surface area contributed by atoms with E-state index in [9.17, 15) is 14.7 Å². The molecule has 33 heavy (non-hydrogen) atoms. The van der Waals surface area contributed by atoms with Gasteiger partial charge in [-0.25, -0.2) is 0 Å². The minimum atomic E-state index is -1.09. The van der Waals surface area contributed by atoms with Gasteiger partial charge in [-0.2, -0.15) is 0 Å². The van der Waals surface area contributed by atoms with Gasteiger partial charge < -0.3 is 14.6 Å². The minimum Gasteiger partial charge on any atom is -0.388 e. The Kier molecular flexibility index (Phi) is 5.40. The van der Waals surface area contributed by atoms with E-state index < -0.39 is 18.5 Å². The van der Waals surface area contributed by atoms with Crippen LogP contribution in [0.5, 0.6) is 0 Å². The highest BCUT2D eigenvalue weighted by molar-refractivity contribution is 14.1. The summed E-state index contributed by atoms with van der Waals surface area (Å²) in [6.07, 6.45) is 7.44.